The minimum Gasteiger partial charge on any atom is -0.505 e. The van der Waals surface area contributed by atoms with Gasteiger partial charge in [-0.2, -0.15) is 0 Å². The zero-order valence-electron chi connectivity index (χ0n) is 18.6. The predicted molar refractivity (Wildman–Crippen MR) is 122 cm³/mol. The van der Waals surface area contributed by atoms with Gasteiger partial charge < -0.3 is 23.8 Å². The van der Waals surface area contributed by atoms with E-state index in [4.69, 9.17) is 13.6 Å². The number of phenolic OH excluding ortho intramolecular Hbond substituents is 2. The second-order valence-electron chi connectivity index (χ2n) is 8.75. The summed E-state index contributed by atoms with van der Waals surface area (Å²) >= 11 is 0. The van der Waals surface area contributed by atoms with Gasteiger partial charge >= 0.3 is 0 Å². The normalized spacial score (nSPS) is 12.1. The molecule has 0 radical (unpaired) electrons. The van der Waals surface area contributed by atoms with E-state index in [-0.39, 0.29) is 11.5 Å². The van der Waals surface area contributed by atoms with Gasteiger partial charge in [0, 0.05) is 12.1 Å². The molecule has 0 saturated carbocycles. The molecule has 172 valence electrons. The molecule has 0 aromatic heterocycles. The number of aromatic hydroxyl groups is 2. The summed E-state index contributed by atoms with van der Waals surface area (Å²) in [6.45, 7) is 9.69. The van der Waals surface area contributed by atoms with Crippen LogP contribution in [0.1, 0.15) is 12.8 Å². The molecule has 0 aliphatic carbocycles. The van der Waals surface area contributed by atoms with Crippen molar-refractivity contribution in [2.24, 2.45) is 0 Å². The molecule has 0 fully saturated rings. The van der Waals surface area contributed by atoms with Crippen molar-refractivity contribution >= 4 is 16.6 Å². The lowest BCUT2D eigenvalue weighted by molar-refractivity contribution is 0.309. The molecule has 0 unspecified atom stereocenters. The van der Waals surface area contributed by atoms with E-state index >= 15 is 0 Å². The van der Waals surface area contributed by atoms with Crippen molar-refractivity contribution in [1.82, 2.24) is 0 Å². The van der Waals surface area contributed by atoms with Crippen LogP contribution in [0.2, 0.25) is 38.3 Å². The fraction of sp³-hybridized carbons (Fsp3) is 0.455. The molecule has 0 saturated heterocycles. The summed E-state index contributed by atoms with van der Waals surface area (Å²) in [6, 6.07) is 9.85. The lowest BCUT2D eigenvalue weighted by Crippen LogP contribution is -2.44. The highest BCUT2D eigenvalue weighted by Gasteiger charge is 2.32. The molecular formula is C22H32F2O5Si2. The fourth-order valence-corrected chi connectivity index (χ4v) is 12.2. The first-order valence-corrected chi connectivity index (χ1v) is 16.6. The molecular weight excluding hydrogens is 438 g/mol. The molecule has 0 aliphatic heterocycles. The van der Waals surface area contributed by atoms with E-state index in [0.717, 1.165) is 24.9 Å². The molecule has 5 nitrogen and oxygen atoms in total. The van der Waals surface area contributed by atoms with Crippen molar-refractivity contribution < 1.29 is 32.6 Å². The van der Waals surface area contributed by atoms with Gasteiger partial charge in [0.2, 0.25) is 0 Å². The summed E-state index contributed by atoms with van der Waals surface area (Å²) in [5, 5.41) is 18.4. The Morgan fingerprint density at radius 3 is 1.45 bits per heavy atom. The van der Waals surface area contributed by atoms with Crippen LogP contribution in [0, 0.1) is 11.6 Å². The first kappa shape index (κ1) is 25.2. The maximum Gasteiger partial charge on any atom is 0.173 e. The number of phenols is 2. The van der Waals surface area contributed by atoms with E-state index in [2.05, 4.69) is 26.2 Å². The van der Waals surface area contributed by atoms with Crippen molar-refractivity contribution in [3.63, 3.8) is 0 Å². The maximum atomic E-state index is 13.3. The van der Waals surface area contributed by atoms with E-state index in [1.807, 2.05) is 0 Å². The Bertz CT molecular complexity index is 792. The summed E-state index contributed by atoms with van der Waals surface area (Å²) in [6.07, 6.45) is 1.61. The summed E-state index contributed by atoms with van der Waals surface area (Å²) in [4.78, 5) is 0. The van der Waals surface area contributed by atoms with Gasteiger partial charge in [0.05, 0.1) is 13.2 Å². The van der Waals surface area contributed by atoms with Crippen molar-refractivity contribution in [2.75, 3.05) is 13.2 Å². The van der Waals surface area contributed by atoms with E-state index in [1.165, 1.54) is 24.3 Å². The van der Waals surface area contributed by atoms with Crippen LogP contribution in [0.3, 0.4) is 0 Å². The van der Waals surface area contributed by atoms with E-state index < -0.39 is 28.3 Å². The molecule has 0 aliphatic rings. The maximum absolute atomic E-state index is 13.3. The lowest BCUT2D eigenvalue weighted by atomic mass is 10.3. The minimum absolute atomic E-state index is 0.387. The van der Waals surface area contributed by atoms with E-state index in [1.54, 1.807) is 12.1 Å². The molecule has 0 atom stereocenters. The molecule has 0 amide bonds. The van der Waals surface area contributed by atoms with E-state index in [0.29, 0.717) is 24.7 Å². The largest absolute Gasteiger partial charge is 0.505 e. The number of halogens is 2. The number of hydrogen-bond acceptors (Lipinski definition) is 5. The molecule has 0 spiro atoms. The predicted octanol–water partition coefficient (Wildman–Crippen LogP) is 6.04. The Balaban J connectivity index is 1.69. The van der Waals surface area contributed by atoms with Crippen LogP contribution in [0.25, 0.3) is 0 Å². The topological polar surface area (TPSA) is 68.2 Å². The summed E-state index contributed by atoms with van der Waals surface area (Å²) in [5.41, 5.74) is 0. The Kier molecular flexibility index (Phi) is 8.90. The first-order valence-electron chi connectivity index (χ1n) is 10.4. The molecule has 2 aromatic rings. The Labute approximate surface area is 184 Å². The van der Waals surface area contributed by atoms with Gasteiger partial charge in [0.25, 0.3) is 0 Å². The van der Waals surface area contributed by atoms with Gasteiger partial charge in [0.15, 0.2) is 39.8 Å². The van der Waals surface area contributed by atoms with Gasteiger partial charge in [-0.1, -0.05) is 0 Å². The average molecular weight is 471 g/mol. The molecule has 0 heterocycles. The Morgan fingerprint density at radius 1 is 0.710 bits per heavy atom. The molecule has 2 rings (SSSR count). The minimum atomic E-state index is -1.89. The van der Waals surface area contributed by atoms with Gasteiger partial charge in [-0.25, -0.2) is 8.78 Å². The third-order valence-corrected chi connectivity index (χ3v) is 12.3. The number of rotatable bonds is 12. The van der Waals surface area contributed by atoms with Crippen molar-refractivity contribution in [2.45, 2.75) is 51.1 Å². The van der Waals surface area contributed by atoms with Crippen LogP contribution in [0.4, 0.5) is 8.78 Å². The van der Waals surface area contributed by atoms with Crippen LogP contribution >= 0.6 is 0 Å². The Hall–Kier alpha value is -2.11. The lowest BCUT2D eigenvalue weighted by Gasteiger charge is -2.34. The highest BCUT2D eigenvalue weighted by molar-refractivity contribution is 6.84. The smallest absolute Gasteiger partial charge is 0.173 e. The fourth-order valence-electron chi connectivity index (χ4n) is 3.38. The monoisotopic (exact) mass is 470 g/mol. The number of hydrogen-bond donors (Lipinski definition) is 2. The van der Waals surface area contributed by atoms with Crippen molar-refractivity contribution in [3.05, 3.63) is 48.0 Å². The second-order valence-corrected chi connectivity index (χ2v) is 17.6. The molecule has 0 bridgehead atoms. The Morgan fingerprint density at radius 2 is 1.10 bits per heavy atom. The van der Waals surface area contributed by atoms with Crippen molar-refractivity contribution in [3.8, 4) is 23.0 Å². The molecule has 2 aromatic carbocycles. The summed E-state index contributed by atoms with van der Waals surface area (Å²) in [5.74, 6) is -1.35. The standard InChI is InChI=1S/C22H32F2O5Si2/c1-30(2,13-5-11-27-17-7-9-21(25)19(23)15-17)29-31(3,4)14-6-12-28-18-8-10-22(26)20(24)16-18/h7-10,15-16,25-26H,5-6,11-14H2,1-4H3. The average Bonchev–Trinajstić information content (AvgIpc) is 2.67. The highest BCUT2D eigenvalue weighted by Crippen LogP contribution is 2.26. The third kappa shape index (κ3) is 8.88. The van der Waals surface area contributed by atoms with E-state index in [9.17, 15) is 19.0 Å². The van der Waals surface area contributed by atoms with Gasteiger partial charge in [0.1, 0.15) is 11.5 Å². The summed E-state index contributed by atoms with van der Waals surface area (Å²) < 4.78 is 44.4. The highest BCUT2D eigenvalue weighted by atomic mass is 28.4. The number of ether oxygens (including phenoxy) is 2. The van der Waals surface area contributed by atoms with Crippen LogP contribution in [-0.2, 0) is 4.12 Å². The molecule has 9 heteroatoms. The zero-order valence-corrected chi connectivity index (χ0v) is 20.6. The first-order chi connectivity index (χ1) is 14.5. The van der Waals surface area contributed by atoms with Gasteiger partial charge in [-0.3, -0.25) is 0 Å². The van der Waals surface area contributed by atoms with Crippen LogP contribution < -0.4 is 9.47 Å². The van der Waals surface area contributed by atoms with Crippen LogP contribution in [-0.4, -0.2) is 40.1 Å². The number of benzene rings is 2. The molecule has 31 heavy (non-hydrogen) atoms. The molecule has 2 N–H and O–H groups in total. The quantitative estimate of drug-likeness (QED) is 0.292. The second kappa shape index (κ2) is 11.0. The summed E-state index contributed by atoms with van der Waals surface area (Å²) in [7, 11) is -3.77. The van der Waals surface area contributed by atoms with Gasteiger partial charge in [-0.15, -0.1) is 0 Å². The van der Waals surface area contributed by atoms with Crippen LogP contribution in [0.5, 0.6) is 23.0 Å². The van der Waals surface area contributed by atoms with Gasteiger partial charge in [-0.05, 0) is 75.4 Å². The van der Waals surface area contributed by atoms with Crippen LogP contribution in [0.15, 0.2) is 36.4 Å². The zero-order chi connectivity index (χ0) is 23.1. The van der Waals surface area contributed by atoms with Crippen molar-refractivity contribution in [1.29, 1.82) is 0 Å². The SMILES string of the molecule is C[Si](C)(CCCOc1ccc(O)c(F)c1)O[Si](C)(C)CCCOc1ccc(O)c(F)c1. The third-order valence-electron chi connectivity index (χ3n) is 4.77.